The van der Waals surface area contributed by atoms with E-state index in [9.17, 15) is 9.59 Å². The Morgan fingerprint density at radius 3 is 2.73 bits per heavy atom. The van der Waals surface area contributed by atoms with Gasteiger partial charge in [0.05, 0.1) is 11.9 Å². The maximum absolute atomic E-state index is 12.2. The van der Waals surface area contributed by atoms with Crippen LogP contribution in [0.3, 0.4) is 0 Å². The maximum Gasteiger partial charge on any atom is 0.270 e. The Morgan fingerprint density at radius 2 is 2.00 bits per heavy atom. The Bertz CT molecular complexity index is 731. The number of aromatic nitrogens is 2. The number of halogens is 1. The number of amides is 2. The van der Waals surface area contributed by atoms with Crippen molar-refractivity contribution in [1.29, 1.82) is 0 Å². The molecular weight excluding hydrogens is 348 g/mol. The number of hydrogen-bond donors (Lipinski definition) is 2. The summed E-state index contributed by atoms with van der Waals surface area (Å²) in [7, 11) is 0. The van der Waals surface area contributed by atoms with Gasteiger partial charge in [0.1, 0.15) is 5.69 Å². The minimum atomic E-state index is -0.317. The largest absolute Gasteiger partial charge is 0.348 e. The van der Waals surface area contributed by atoms with E-state index in [1.807, 2.05) is 0 Å². The van der Waals surface area contributed by atoms with Crippen molar-refractivity contribution >= 4 is 33.4 Å². The molecule has 1 saturated carbocycles. The van der Waals surface area contributed by atoms with Crippen molar-refractivity contribution < 1.29 is 9.59 Å². The summed E-state index contributed by atoms with van der Waals surface area (Å²) in [5.74, 6) is -0.566. The van der Waals surface area contributed by atoms with E-state index < -0.39 is 0 Å². The fraction of sp³-hybridized carbons (Fsp3) is 0.200. The highest BCUT2D eigenvalue weighted by atomic mass is 79.9. The number of hydrogen-bond acceptors (Lipinski definition) is 4. The van der Waals surface area contributed by atoms with Crippen LogP contribution in [0.15, 0.2) is 41.3 Å². The zero-order valence-electron chi connectivity index (χ0n) is 11.5. The molecular formula is C15H13BrN4O2. The number of anilines is 1. The van der Waals surface area contributed by atoms with Crippen LogP contribution in [0.1, 0.15) is 33.7 Å². The van der Waals surface area contributed by atoms with Crippen molar-refractivity contribution in [2.45, 2.75) is 18.9 Å². The lowest BCUT2D eigenvalue weighted by atomic mass is 10.2. The van der Waals surface area contributed by atoms with Gasteiger partial charge in [-0.05, 0) is 47.0 Å². The molecule has 6 nitrogen and oxygen atoms in total. The zero-order valence-corrected chi connectivity index (χ0v) is 13.1. The standard InChI is InChI=1S/C15H13BrN4O2/c16-10-6-12(8-17-7-10)20-14(21)9-3-4-18-13(5-9)15(22)19-11-1-2-11/h3-8,11H,1-2H2,(H,19,22)(H,20,21). The summed E-state index contributed by atoms with van der Waals surface area (Å²) < 4.78 is 0.768. The van der Waals surface area contributed by atoms with Crippen molar-refractivity contribution in [3.8, 4) is 0 Å². The number of rotatable bonds is 4. The third kappa shape index (κ3) is 3.67. The molecule has 1 aliphatic carbocycles. The van der Waals surface area contributed by atoms with Gasteiger partial charge in [0.15, 0.2) is 0 Å². The highest BCUT2D eigenvalue weighted by molar-refractivity contribution is 9.10. The van der Waals surface area contributed by atoms with Crippen LogP contribution >= 0.6 is 15.9 Å². The Kier molecular flexibility index (Phi) is 4.15. The molecule has 0 radical (unpaired) electrons. The highest BCUT2D eigenvalue weighted by Gasteiger charge is 2.24. The van der Waals surface area contributed by atoms with E-state index in [1.54, 1.807) is 24.5 Å². The molecule has 0 aliphatic heterocycles. The molecule has 1 aliphatic rings. The van der Waals surface area contributed by atoms with Gasteiger partial charge in [-0.1, -0.05) is 0 Å². The molecule has 0 unspecified atom stereocenters. The second-order valence-electron chi connectivity index (χ2n) is 5.02. The number of pyridine rings is 2. The van der Waals surface area contributed by atoms with Gasteiger partial charge >= 0.3 is 0 Å². The van der Waals surface area contributed by atoms with Gasteiger partial charge < -0.3 is 10.6 Å². The van der Waals surface area contributed by atoms with Gasteiger partial charge in [-0.15, -0.1) is 0 Å². The quantitative estimate of drug-likeness (QED) is 0.876. The van der Waals surface area contributed by atoms with E-state index in [0.717, 1.165) is 17.3 Å². The van der Waals surface area contributed by atoms with Crippen LogP contribution in [0.4, 0.5) is 5.69 Å². The third-order valence-corrected chi connectivity index (χ3v) is 3.56. The lowest BCUT2D eigenvalue weighted by Crippen LogP contribution is -2.26. The van der Waals surface area contributed by atoms with Crippen molar-refractivity contribution in [1.82, 2.24) is 15.3 Å². The fourth-order valence-electron chi connectivity index (χ4n) is 1.87. The normalized spacial score (nSPS) is 13.5. The lowest BCUT2D eigenvalue weighted by molar-refractivity contribution is 0.0946. The Hall–Kier alpha value is -2.28. The molecule has 3 rings (SSSR count). The summed E-state index contributed by atoms with van der Waals surface area (Å²) in [5.41, 5.74) is 1.18. The predicted octanol–water partition coefficient (Wildman–Crippen LogP) is 2.38. The number of nitrogens with zero attached hydrogens (tertiary/aromatic N) is 2. The molecule has 0 atom stereocenters. The first-order valence-corrected chi connectivity index (χ1v) is 7.60. The van der Waals surface area contributed by atoms with Gasteiger partial charge in [-0.25, -0.2) is 0 Å². The van der Waals surface area contributed by atoms with Crippen LogP contribution in [0.2, 0.25) is 0 Å². The average Bonchev–Trinajstić information content (AvgIpc) is 3.31. The van der Waals surface area contributed by atoms with Gasteiger partial charge in [0.2, 0.25) is 0 Å². The molecule has 0 aromatic carbocycles. The Balaban J connectivity index is 1.73. The summed E-state index contributed by atoms with van der Waals surface area (Å²) in [4.78, 5) is 32.2. The van der Waals surface area contributed by atoms with Crippen molar-refractivity contribution in [3.63, 3.8) is 0 Å². The maximum atomic E-state index is 12.2. The molecule has 2 N–H and O–H groups in total. The molecule has 2 amide bonds. The topological polar surface area (TPSA) is 84.0 Å². The first-order chi connectivity index (χ1) is 10.6. The molecule has 1 fully saturated rings. The van der Waals surface area contributed by atoms with Gasteiger partial charge in [0.25, 0.3) is 11.8 Å². The van der Waals surface area contributed by atoms with Gasteiger partial charge in [-0.2, -0.15) is 0 Å². The second-order valence-corrected chi connectivity index (χ2v) is 5.94. The number of nitrogens with one attached hydrogen (secondary N) is 2. The summed E-state index contributed by atoms with van der Waals surface area (Å²) >= 11 is 3.29. The van der Waals surface area contributed by atoms with Crippen LogP contribution < -0.4 is 10.6 Å². The third-order valence-electron chi connectivity index (χ3n) is 3.13. The van der Waals surface area contributed by atoms with Crippen molar-refractivity contribution in [3.05, 3.63) is 52.5 Å². The molecule has 0 saturated heterocycles. The first kappa shape index (κ1) is 14.6. The van der Waals surface area contributed by atoms with Gasteiger partial charge in [-0.3, -0.25) is 19.6 Å². The first-order valence-electron chi connectivity index (χ1n) is 6.80. The second kappa shape index (κ2) is 6.23. The molecule has 22 heavy (non-hydrogen) atoms. The van der Waals surface area contributed by atoms with Crippen molar-refractivity contribution in [2.24, 2.45) is 0 Å². The molecule has 2 aromatic heterocycles. The smallest absolute Gasteiger partial charge is 0.270 e. The summed E-state index contributed by atoms with van der Waals surface area (Å²) in [6.07, 6.45) is 6.63. The van der Waals surface area contributed by atoms with Crippen LogP contribution in [-0.2, 0) is 0 Å². The SMILES string of the molecule is O=C(Nc1cncc(Br)c1)c1ccnc(C(=O)NC2CC2)c1. The summed E-state index contributed by atoms with van der Waals surface area (Å²) in [6.45, 7) is 0. The van der Waals surface area contributed by atoms with E-state index >= 15 is 0 Å². The highest BCUT2D eigenvalue weighted by Crippen LogP contribution is 2.19. The molecule has 2 heterocycles. The number of carbonyl (C=O) groups excluding carboxylic acids is 2. The molecule has 7 heteroatoms. The van der Waals surface area contributed by atoms with Crippen LogP contribution in [0.5, 0.6) is 0 Å². The van der Waals surface area contributed by atoms with E-state index in [-0.39, 0.29) is 23.6 Å². The van der Waals surface area contributed by atoms with E-state index in [2.05, 4.69) is 36.5 Å². The minimum absolute atomic E-state index is 0.243. The molecule has 0 bridgehead atoms. The Morgan fingerprint density at radius 1 is 1.18 bits per heavy atom. The van der Waals surface area contributed by atoms with Crippen LogP contribution in [0, 0.1) is 0 Å². The van der Waals surface area contributed by atoms with Gasteiger partial charge in [0, 0.05) is 28.5 Å². The van der Waals surface area contributed by atoms with E-state index in [1.165, 1.54) is 12.3 Å². The van der Waals surface area contributed by atoms with Crippen LogP contribution in [0.25, 0.3) is 0 Å². The summed E-state index contributed by atoms with van der Waals surface area (Å²) in [5, 5.41) is 5.57. The monoisotopic (exact) mass is 360 g/mol. The lowest BCUT2D eigenvalue weighted by Gasteiger charge is -2.07. The molecule has 112 valence electrons. The summed E-state index contributed by atoms with van der Waals surface area (Å²) in [6, 6.07) is 5.04. The van der Waals surface area contributed by atoms with E-state index in [4.69, 9.17) is 0 Å². The van der Waals surface area contributed by atoms with Crippen LogP contribution in [-0.4, -0.2) is 27.8 Å². The minimum Gasteiger partial charge on any atom is -0.348 e. The van der Waals surface area contributed by atoms with Crippen molar-refractivity contribution in [2.75, 3.05) is 5.32 Å². The average molecular weight is 361 g/mol. The Labute approximate surface area is 135 Å². The molecule has 0 spiro atoms. The predicted molar refractivity (Wildman–Crippen MR) is 84.6 cm³/mol. The van der Waals surface area contributed by atoms with E-state index in [0.29, 0.717) is 11.3 Å². The number of carbonyl (C=O) groups is 2. The zero-order chi connectivity index (χ0) is 15.5. The fourth-order valence-corrected chi connectivity index (χ4v) is 2.23. The molecule has 2 aromatic rings.